The van der Waals surface area contributed by atoms with Crippen LogP contribution < -0.4 is 5.73 Å². The van der Waals surface area contributed by atoms with Crippen molar-refractivity contribution in [2.75, 3.05) is 26.3 Å². The molecule has 1 aromatic heterocycles. The highest BCUT2D eigenvalue weighted by atomic mass is 32.1. The van der Waals surface area contributed by atoms with Gasteiger partial charge in [-0.2, -0.15) is 0 Å². The molecule has 3 heterocycles. The van der Waals surface area contributed by atoms with Gasteiger partial charge >= 0.3 is 0 Å². The van der Waals surface area contributed by atoms with Crippen LogP contribution in [0, 0.1) is 5.92 Å². The second-order valence-corrected chi connectivity index (χ2v) is 6.74. The van der Waals surface area contributed by atoms with Crippen molar-refractivity contribution in [2.24, 2.45) is 11.7 Å². The van der Waals surface area contributed by atoms with E-state index in [9.17, 15) is 0 Å². The Balaban J connectivity index is 1.76. The van der Waals surface area contributed by atoms with E-state index in [1.807, 2.05) is 11.3 Å². The molecule has 3 nitrogen and oxygen atoms in total. The quantitative estimate of drug-likeness (QED) is 0.924. The normalized spacial score (nSPS) is 30.0. The highest BCUT2D eigenvalue weighted by Gasteiger charge is 2.34. The zero-order valence-corrected chi connectivity index (χ0v) is 12.5. The van der Waals surface area contributed by atoms with Crippen molar-refractivity contribution in [2.45, 2.75) is 38.3 Å². The van der Waals surface area contributed by atoms with Crippen molar-refractivity contribution in [1.29, 1.82) is 0 Å². The SMILES string of the molecule is CC1c2ccsc2CCN1C(CN)C1CCCOC1. The second-order valence-electron chi connectivity index (χ2n) is 5.74. The van der Waals surface area contributed by atoms with Crippen LogP contribution in [0.3, 0.4) is 0 Å². The Kier molecular flexibility index (Phi) is 4.22. The number of rotatable bonds is 3. The molecule has 3 atom stereocenters. The molecule has 0 saturated carbocycles. The first-order valence-corrected chi connectivity index (χ1v) is 8.29. The van der Waals surface area contributed by atoms with Gasteiger partial charge in [0, 0.05) is 36.7 Å². The zero-order chi connectivity index (χ0) is 13.2. The Morgan fingerprint density at radius 1 is 1.58 bits per heavy atom. The molecule has 19 heavy (non-hydrogen) atoms. The van der Waals surface area contributed by atoms with Crippen molar-refractivity contribution in [3.05, 3.63) is 21.9 Å². The standard InChI is InChI=1S/C15H24N2OS/c1-11-13-5-8-19-15(13)4-6-17(11)14(9-16)12-3-2-7-18-10-12/h5,8,11-12,14H,2-4,6-7,9-10,16H2,1H3. The first kappa shape index (κ1) is 13.6. The van der Waals surface area contributed by atoms with Gasteiger partial charge in [-0.05, 0) is 49.1 Å². The van der Waals surface area contributed by atoms with E-state index in [0.717, 1.165) is 26.3 Å². The van der Waals surface area contributed by atoms with Crippen LogP contribution in [0.25, 0.3) is 0 Å². The zero-order valence-electron chi connectivity index (χ0n) is 11.7. The van der Waals surface area contributed by atoms with Crippen LogP contribution in [0.1, 0.15) is 36.2 Å². The average Bonchev–Trinajstić information content (AvgIpc) is 2.93. The van der Waals surface area contributed by atoms with Crippen LogP contribution in [0.15, 0.2) is 11.4 Å². The van der Waals surface area contributed by atoms with E-state index < -0.39 is 0 Å². The van der Waals surface area contributed by atoms with E-state index in [4.69, 9.17) is 10.5 Å². The van der Waals surface area contributed by atoms with E-state index in [-0.39, 0.29) is 0 Å². The summed E-state index contributed by atoms with van der Waals surface area (Å²) >= 11 is 1.90. The smallest absolute Gasteiger partial charge is 0.0509 e. The van der Waals surface area contributed by atoms with Crippen molar-refractivity contribution in [1.82, 2.24) is 4.90 Å². The Labute approximate surface area is 119 Å². The molecule has 4 heteroatoms. The lowest BCUT2D eigenvalue weighted by Gasteiger charge is -2.43. The third-order valence-corrected chi connectivity index (χ3v) is 5.73. The first-order valence-electron chi connectivity index (χ1n) is 7.41. The fourth-order valence-electron chi connectivity index (χ4n) is 3.65. The van der Waals surface area contributed by atoms with Crippen LogP contribution in [0.4, 0.5) is 0 Å². The summed E-state index contributed by atoms with van der Waals surface area (Å²) in [6.45, 7) is 6.04. The fraction of sp³-hybridized carbons (Fsp3) is 0.733. The van der Waals surface area contributed by atoms with Gasteiger partial charge in [-0.1, -0.05) is 0 Å². The summed E-state index contributed by atoms with van der Waals surface area (Å²) in [5.74, 6) is 0.612. The molecule has 1 saturated heterocycles. The Morgan fingerprint density at radius 3 is 3.21 bits per heavy atom. The van der Waals surface area contributed by atoms with E-state index in [1.165, 1.54) is 24.8 Å². The van der Waals surface area contributed by atoms with Crippen molar-refractivity contribution >= 4 is 11.3 Å². The van der Waals surface area contributed by atoms with Gasteiger partial charge in [0.05, 0.1) is 6.61 Å². The molecule has 2 aliphatic heterocycles. The van der Waals surface area contributed by atoms with Crippen molar-refractivity contribution in [3.63, 3.8) is 0 Å². The van der Waals surface area contributed by atoms with Gasteiger partial charge in [0.2, 0.25) is 0 Å². The molecule has 106 valence electrons. The summed E-state index contributed by atoms with van der Waals surface area (Å²) < 4.78 is 5.67. The summed E-state index contributed by atoms with van der Waals surface area (Å²) in [5, 5.41) is 2.23. The topological polar surface area (TPSA) is 38.5 Å². The predicted molar refractivity (Wildman–Crippen MR) is 79.5 cm³/mol. The largest absolute Gasteiger partial charge is 0.381 e. The minimum atomic E-state index is 0.475. The molecule has 0 aliphatic carbocycles. The Bertz CT molecular complexity index is 414. The number of thiophene rings is 1. The van der Waals surface area contributed by atoms with Crippen molar-refractivity contribution < 1.29 is 4.74 Å². The minimum absolute atomic E-state index is 0.475. The lowest BCUT2D eigenvalue weighted by molar-refractivity contribution is -0.00136. The molecule has 1 aromatic rings. The summed E-state index contributed by atoms with van der Waals surface area (Å²) in [5.41, 5.74) is 7.62. The third-order valence-electron chi connectivity index (χ3n) is 4.73. The number of hydrogen-bond donors (Lipinski definition) is 1. The van der Waals surface area contributed by atoms with E-state index in [1.54, 1.807) is 4.88 Å². The molecular formula is C15H24N2OS. The lowest BCUT2D eigenvalue weighted by Crippen LogP contribution is -2.50. The van der Waals surface area contributed by atoms with Crippen LogP contribution in [0.2, 0.25) is 0 Å². The molecule has 0 radical (unpaired) electrons. The van der Waals surface area contributed by atoms with E-state index in [2.05, 4.69) is 23.3 Å². The molecular weight excluding hydrogens is 256 g/mol. The van der Waals surface area contributed by atoms with Gasteiger partial charge in [0.15, 0.2) is 0 Å². The van der Waals surface area contributed by atoms with Crippen LogP contribution in [-0.2, 0) is 11.2 Å². The summed E-state index contributed by atoms with van der Waals surface area (Å²) in [7, 11) is 0. The molecule has 0 bridgehead atoms. The molecule has 1 fully saturated rings. The maximum atomic E-state index is 6.10. The Morgan fingerprint density at radius 2 is 2.47 bits per heavy atom. The van der Waals surface area contributed by atoms with Crippen LogP contribution in [0.5, 0.6) is 0 Å². The van der Waals surface area contributed by atoms with E-state index in [0.29, 0.717) is 18.0 Å². The van der Waals surface area contributed by atoms with Gasteiger partial charge in [0.1, 0.15) is 0 Å². The second kappa shape index (κ2) is 5.92. The number of nitrogens with two attached hydrogens (primary N) is 1. The molecule has 3 rings (SSSR count). The van der Waals surface area contributed by atoms with Gasteiger partial charge < -0.3 is 10.5 Å². The predicted octanol–water partition coefficient (Wildman–Crippen LogP) is 2.42. The fourth-order valence-corrected chi connectivity index (χ4v) is 4.61. The Hall–Kier alpha value is -0.420. The summed E-state index contributed by atoms with van der Waals surface area (Å²) in [4.78, 5) is 4.19. The van der Waals surface area contributed by atoms with Gasteiger partial charge in [-0.3, -0.25) is 4.90 Å². The molecule has 0 spiro atoms. The van der Waals surface area contributed by atoms with E-state index >= 15 is 0 Å². The number of ether oxygens (including phenoxy) is 1. The molecule has 2 aliphatic rings. The van der Waals surface area contributed by atoms with Crippen LogP contribution in [-0.4, -0.2) is 37.2 Å². The molecule has 0 aromatic carbocycles. The maximum absolute atomic E-state index is 6.10. The van der Waals surface area contributed by atoms with Gasteiger partial charge in [0.25, 0.3) is 0 Å². The highest BCUT2D eigenvalue weighted by molar-refractivity contribution is 7.10. The third kappa shape index (κ3) is 2.59. The molecule has 3 unspecified atom stereocenters. The highest BCUT2D eigenvalue weighted by Crippen LogP contribution is 2.36. The minimum Gasteiger partial charge on any atom is -0.381 e. The van der Waals surface area contributed by atoms with Gasteiger partial charge in [-0.25, -0.2) is 0 Å². The molecule has 2 N–H and O–H groups in total. The van der Waals surface area contributed by atoms with Gasteiger partial charge in [-0.15, -0.1) is 11.3 Å². The monoisotopic (exact) mass is 280 g/mol. The van der Waals surface area contributed by atoms with Crippen LogP contribution >= 0.6 is 11.3 Å². The van der Waals surface area contributed by atoms with Crippen molar-refractivity contribution in [3.8, 4) is 0 Å². The number of hydrogen-bond acceptors (Lipinski definition) is 4. The average molecular weight is 280 g/mol. The lowest BCUT2D eigenvalue weighted by atomic mass is 9.89. The molecule has 0 amide bonds. The first-order chi connectivity index (χ1) is 9.31. The summed E-state index contributed by atoms with van der Waals surface area (Å²) in [6.07, 6.45) is 3.64. The number of nitrogens with zero attached hydrogens (tertiary/aromatic N) is 1. The summed E-state index contributed by atoms with van der Waals surface area (Å²) in [6, 6.07) is 3.27. The maximum Gasteiger partial charge on any atom is 0.0509 e. The number of fused-ring (bicyclic) bond motifs is 1.